The van der Waals surface area contributed by atoms with E-state index in [1.54, 1.807) is 4.90 Å². The van der Waals surface area contributed by atoms with Gasteiger partial charge in [-0.25, -0.2) is 9.59 Å². The Morgan fingerprint density at radius 1 is 1.42 bits per heavy atom. The first-order valence-corrected chi connectivity index (χ1v) is 8.52. The fourth-order valence-corrected chi connectivity index (χ4v) is 2.46. The number of esters is 1. The number of hydrogen-bond acceptors (Lipinski definition) is 8. The van der Waals surface area contributed by atoms with Crippen LogP contribution in [-0.2, 0) is 14.2 Å². The molecule has 0 radical (unpaired) electrons. The molecule has 2 heterocycles. The topological polar surface area (TPSA) is 103 Å². The summed E-state index contributed by atoms with van der Waals surface area (Å²) in [6.45, 7) is 7.01. The number of amides is 1. The zero-order chi connectivity index (χ0) is 19.3. The minimum Gasteiger partial charge on any atom is -0.464 e. The molecule has 1 atom stereocenters. The summed E-state index contributed by atoms with van der Waals surface area (Å²) in [6, 6.07) is 1.48. The fraction of sp³-hybridized carbons (Fsp3) is 0.625. The van der Waals surface area contributed by atoms with Gasteiger partial charge in [-0.05, 0) is 20.8 Å². The second-order valence-electron chi connectivity index (χ2n) is 6.72. The second-order valence-corrected chi connectivity index (χ2v) is 7.11. The van der Waals surface area contributed by atoms with Crippen molar-refractivity contribution >= 4 is 29.4 Å². The van der Waals surface area contributed by atoms with Gasteiger partial charge in [-0.15, -0.1) is 10.2 Å². The van der Waals surface area contributed by atoms with Crippen molar-refractivity contribution in [2.45, 2.75) is 32.5 Å². The Balaban J connectivity index is 1.98. The van der Waals surface area contributed by atoms with Gasteiger partial charge in [-0.1, -0.05) is 11.6 Å². The number of methoxy groups -OCH3 is 1. The van der Waals surface area contributed by atoms with Gasteiger partial charge < -0.3 is 24.4 Å². The molecule has 1 fully saturated rings. The molecule has 0 aliphatic carbocycles. The fourth-order valence-electron chi connectivity index (χ4n) is 2.31. The van der Waals surface area contributed by atoms with Gasteiger partial charge in [-0.3, -0.25) is 0 Å². The van der Waals surface area contributed by atoms with Gasteiger partial charge in [0.2, 0.25) is 0 Å². The van der Waals surface area contributed by atoms with E-state index in [4.69, 9.17) is 21.1 Å². The van der Waals surface area contributed by atoms with Crippen molar-refractivity contribution in [3.05, 3.63) is 16.9 Å². The minimum absolute atomic E-state index is 0.0247. The molecular formula is C16H23ClN4O5. The van der Waals surface area contributed by atoms with Crippen LogP contribution in [0.4, 0.5) is 10.5 Å². The SMILES string of the molecule is COC(=O)c1nnc(Cl)cc1NCC1CN(C(=O)OC(C)(C)C)CCO1. The van der Waals surface area contributed by atoms with Crippen molar-refractivity contribution in [1.82, 2.24) is 15.1 Å². The number of anilines is 1. The highest BCUT2D eigenvalue weighted by atomic mass is 35.5. The second kappa shape index (κ2) is 8.50. The van der Waals surface area contributed by atoms with Crippen molar-refractivity contribution < 1.29 is 23.8 Å². The van der Waals surface area contributed by atoms with Gasteiger partial charge in [0.15, 0.2) is 10.8 Å². The van der Waals surface area contributed by atoms with Crippen LogP contribution in [0.15, 0.2) is 6.07 Å². The molecule has 1 aromatic rings. The number of ether oxygens (including phenoxy) is 3. The zero-order valence-electron chi connectivity index (χ0n) is 15.2. The lowest BCUT2D eigenvalue weighted by Gasteiger charge is -2.34. The maximum absolute atomic E-state index is 12.2. The number of morpholine rings is 1. The smallest absolute Gasteiger partial charge is 0.410 e. The number of carbonyl (C=O) groups is 2. The normalized spacial score (nSPS) is 17.6. The van der Waals surface area contributed by atoms with Crippen molar-refractivity contribution in [1.29, 1.82) is 0 Å². The number of rotatable bonds is 4. The van der Waals surface area contributed by atoms with Gasteiger partial charge in [0.25, 0.3) is 0 Å². The molecule has 1 N–H and O–H groups in total. The Labute approximate surface area is 156 Å². The van der Waals surface area contributed by atoms with E-state index in [1.807, 2.05) is 20.8 Å². The van der Waals surface area contributed by atoms with Crippen LogP contribution in [0.3, 0.4) is 0 Å². The summed E-state index contributed by atoms with van der Waals surface area (Å²) in [5.74, 6) is -0.628. The zero-order valence-corrected chi connectivity index (χ0v) is 16.0. The Morgan fingerprint density at radius 2 is 2.15 bits per heavy atom. The summed E-state index contributed by atoms with van der Waals surface area (Å²) < 4.78 is 15.7. The average Bonchev–Trinajstić information content (AvgIpc) is 2.58. The quantitative estimate of drug-likeness (QED) is 0.783. The van der Waals surface area contributed by atoms with Crippen molar-refractivity contribution in [2.24, 2.45) is 0 Å². The molecule has 26 heavy (non-hydrogen) atoms. The van der Waals surface area contributed by atoms with E-state index in [9.17, 15) is 9.59 Å². The number of nitrogens with one attached hydrogen (secondary N) is 1. The predicted molar refractivity (Wildman–Crippen MR) is 94.4 cm³/mol. The molecule has 0 aromatic carbocycles. The van der Waals surface area contributed by atoms with Crippen LogP contribution < -0.4 is 5.32 Å². The van der Waals surface area contributed by atoms with E-state index < -0.39 is 11.6 Å². The largest absolute Gasteiger partial charge is 0.464 e. The van der Waals surface area contributed by atoms with Crippen LogP contribution in [0.1, 0.15) is 31.3 Å². The third-order valence-electron chi connectivity index (χ3n) is 3.45. The van der Waals surface area contributed by atoms with E-state index in [0.29, 0.717) is 31.9 Å². The van der Waals surface area contributed by atoms with Crippen LogP contribution in [0.25, 0.3) is 0 Å². The lowest BCUT2D eigenvalue weighted by Crippen LogP contribution is -2.49. The maximum Gasteiger partial charge on any atom is 0.410 e. The summed E-state index contributed by atoms with van der Waals surface area (Å²) in [5.41, 5.74) is -0.149. The highest BCUT2D eigenvalue weighted by Gasteiger charge is 2.28. The Kier molecular flexibility index (Phi) is 6.60. The van der Waals surface area contributed by atoms with Crippen LogP contribution >= 0.6 is 11.6 Å². The number of nitrogens with zero attached hydrogens (tertiary/aromatic N) is 3. The third kappa shape index (κ3) is 5.70. The predicted octanol–water partition coefficient (Wildman–Crippen LogP) is 1.96. The Hall–Kier alpha value is -2.13. The molecule has 1 aromatic heterocycles. The third-order valence-corrected chi connectivity index (χ3v) is 3.64. The molecule has 2 rings (SSSR count). The molecule has 0 saturated carbocycles. The van der Waals surface area contributed by atoms with E-state index in [0.717, 1.165) is 0 Å². The molecule has 1 aliphatic heterocycles. The molecule has 0 spiro atoms. The van der Waals surface area contributed by atoms with Crippen molar-refractivity contribution in [3.63, 3.8) is 0 Å². The Morgan fingerprint density at radius 3 is 2.81 bits per heavy atom. The van der Waals surface area contributed by atoms with Gasteiger partial charge in [0.1, 0.15) is 5.60 Å². The number of halogens is 1. The Bertz CT molecular complexity index is 665. The van der Waals surface area contributed by atoms with Gasteiger partial charge in [0, 0.05) is 19.2 Å². The molecule has 10 heteroatoms. The molecule has 1 saturated heterocycles. The van der Waals surface area contributed by atoms with Crippen LogP contribution in [0, 0.1) is 0 Å². The molecule has 144 valence electrons. The van der Waals surface area contributed by atoms with Crippen LogP contribution in [-0.4, -0.2) is 72.2 Å². The van der Waals surface area contributed by atoms with Gasteiger partial charge >= 0.3 is 12.1 Å². The molecular weight excluding hydrogens is 364 g/mol. The van der Waals surface area contributed by atoms with Crippen molar-refractivity contribution in [3.8, 4) is 0 Å². The summed E-state index contributed by atoms with van der Waals surface area (Å²) >= 11 is 5.85. The molecule has 1 amide bonds. The van der Waals surface area contributed by atoms with Crippen LogP contribution in [0.2, 0.25) is 5.15 Å². The summed E-state index contributed by atoms with van der Waals surface area (Å²) in [5, 5.41) is 10.6. The first-order chi connectivity index (χ1) is 12.2. The summed E-state index contributed by atoms with van der Waals surface area (Å²) in [6.07, 6.45) is -0.664. The molecule has 1 aliphatic rings. The summed E-state index contributed by atoms with van der Waals surface area (Å²) in [7, 11) is 1.26. The number of carbonyl (C=O) groups excluding carboxylic acids is 2. The summed E-state index contributed by atoms with van der Waals surface area (Å²) in [4.78, 5) is 25.6. The highest BCUT2D eigenvalue weighted by Crippen LogP contribution is 2.18. The van der Waals surface area contributed by atoms with Crippen molar-refractivity contribution in [2.75, 3.05) is 38.7 Å². The average molecular weight is 387 g/mol. The van der Waals surface area contributed by atoms with Gasteiger partial charge in [0.05, 0.1) is 32.1 Å². The first-order valence-electron chi connectivity index (χ1n) is 8.14. The number of aromatic nitrogens is 2. The molecule has 0 bridgehead atoms. The lowest BCUT2D eigenvalue weighted by atomic mass is 10.2. The monoisotopic (exact) mass is 386 g/mol. The van der Waals surface area contributed by atoms with Crippen LogP contribution in [0.5, 0.6) is 0 Å². The van der Waals surface area contributed by atoms with E-state index >= 15 is 0 Å². The lowest BCUT2D eigenvalue weighted by molar-refractivity contribution is -0.0371. The molecule has 9 nitrogen and oxygen atoms in total. The maximum atomic E-state index is 12.2. The number of hydrogen-bond donors (Lipinski definition) is 1. The first kappa shape index (κ1) is 20.2. The van der Waals surface area contributed by atoms with E-state index in [1.165, 1.54) is 13.2 Å². The standard InChI is InChI=1S/C16H23ClN4O5/c1-16(2,3)26-15(23)21-5-6-25-10(9-21)8-18-11-7-12(17)19-20-13(11)14(22)24-4/h7,10H,5-6,8-9H2,1-4H3,(H,18,19). The van der Waals surface area contributed by atoms with Gasteiger partial charge in [-0.2, -0.15) is 0 Å². The minimum atomic E-state index is -0.628. The molecule has 1 unspecified atom stereocenters. The highest BCUT2D eigenvalue weighted by molar-refractivity contribution is 6.29. The van der Waals surface area contributed by atoms with E-state index in [-0.39, 0.29) is 23.0 Å². The van der Waals surface area contributed by atoms with E-state index in [2.05, 4.69) is 20.3 Å².